The molecule has 0 amide bonds. The van der Waals surface area contributed by atoms with Crippen LogP contribution in [0, 0.1) is 0 Å². The Bertz CT molecular complexity index is 148. The molecule has 0 atom stereocenters. The summed E-state index contributed by atoms with van der Waals surface area (Å²) >= 11 is 1.84. The molecule has 0 aliphatic rings. The zero-order chi connectivity index (χ0) is 6.53. The molecule has 1 aromatic heterocycles. The van der Waals surface area contributed by atoms with Crippen LogP contribution in [0.3, 0.4) is 0 Å². The number of hydrogen-bond donors (Lipinski definition) is 1. The molecule has 2 nitrogen and oxygen atoms in total. The summed E-state index contributed by atoms with van der Waals surface area (Å²) in [5.74, 6) is 2.23. The lowest BCUT2D eigenvalue weighted by Gasteiger charge is -1.90. The van der Waals surface area contributed by atoms with Crippen LogP contribution in [0.15, 0.2) is 12.4 Å². The van der Waals surface area contributed by atoms with Crippen molar-refractivity contribution in [3.63, 3.8) is 0 Å². The van der Waals surface area contributed by atoms with Gasteiger partial charge in [0.15, 0.2) is 0 Å². The lowest BCUT2D eigenvalue weighted by atomic mass is 10.5. The van der Waals surface area contributed by atoms with E-state index in [0.29, 0.717) is 0 Å². The van der Waals surface area contributed by atoms with Crippen molar-refractivity contribution in [3.8, 4) is 0 Å². The molecular formula is C6H10N2S. The van der Waals surface area contributed by atoms with Crippen LogP contribution in [0.5, 0.6) is 0 Å². The van der Waals surface area contributed by atoms with Gasteiger partial charge in [0, 0.05) is 24.6 Å². The number of rotatable bonds is 3. The summed E-state index contributed by atoms with van der Waals surface area (Å²) in [5, 5.41) is 0. The zero-order valence-electron chi connectivity index (χ0n) is 5.42. The van der Waals surface area contributed by atoms with Crippen LogP contribution in [0.4, 0.5) is 0 Å². The number of imidazole rings is 1. The van der Waals surface area contributed by atoms with Crippen LogP contribution < -0.4 is 0 Å². The van der Waals surface area contributed by atoms with Gasteiger partial charge in [0.05, 0.1) is 0 Å². The molecule has 1 N–H and O–H groups in total. The van der Waals surface area contributed by atoms with E-state index < -0.39 is 0 Å². The normalized spacial score (nSPS) is 9.89. The highest BCUT2D eigenvalue weighted by Crippen LogP contribution is 1.97. The third kappa shape index (κ3) is 2.10. The van der Waals surface area contributed by atoms with Gasteiger partial charge < -0.3 is 4.98 Å². The molecule has 0 saturated heterocycles. The maximum Gasteiger partial charge on any atom is 0.106 e. The van der Waals surface area contributed by atoms with Crippen molar-refractivity contribution < 1.29 is 0 Å². The summed E-state index contributed by atoms with van der Waals surface area (Å²) in [6.07, 6.45) is 6.79. The number of aromatic amines is 1. The molecule has 1 aromatic rings. The summed E-state index contributed by atoms with van der Waals surface area (Å²) in [6, 6.07) is 0. The minimum absolute atomic E-state index is 1.05. The maximum atomic E-state index is 4.08. The third-order valence-corrected chi connectivity index (χ3v) is 1.71. The first-order valence-electron chi connectivity index (χ1n) is 2.90. The molecule has 0 fully saturated rings. The summed E-state index contributed by atoms with van der Waals surface area (Å²) in [6.45, 7) is 0. The van der Waals surface area contributed by atoms with Gasteiger partial charge in [-0.05, 0) is 6.26 Å². The molecule has 0 spiro atoms. The second kappa shape index (κ2) is 3.56. The van der Waals surface area contributed by atoms with Crippen molar-refractivity contribution in [2.75, 3.05) is 12.0 Å². The van der Waals surface area contributed by atoms with E-state index in [4.69, 9.17) is 0 Å². The number of aryl methyl sites for hydroxylation is 1. The highest BCUT2D eigenvalue weighted by Gasteiger charge is 1.90. The molecule has 0 aliphatic heterocycles. The second-order valence-electron chi connectivity index (χ2n) is 1.78. The Hall–Kier alpha value is -0.440. The number of thioether (sulfide) groups is 1. The minimum atomic E-state index is 1.05. The van der Waals surface area contributed by atoms with E-state index in [0.717, 1.165) is 18.0 Å². The fraction of sp³-hybridized carbons (Fsp3) is 0.500. The lowest BCUT2D eigenvalue weighted by molar-refractivity contribution is 1.00. The highest BCUT2D eigenvalue weighted by molar-refractivity contribution is 7.98. The molecule has 0 bridgehead atoms. The Morgan fingerprint density at radius 3 is 3.22 bits per heavy atom. The fourth-order valence-electron chi connectivity index (χ4n) is 0.633. The fourth-order valence-corrected chi connectivity index (χ4v) is 1.03. The first-order valence-corrected chi connectivity index (χ1v) is 4.30. The monoisotopic (exact) mass is 142 g/mol. The van der Waals surface area contributed by atoms with E-state index in [-0.39, 0.29) is 0 Å². The average Bonchev–Trinajstić information content (AvgIpc) is 2.34. The molecule has 0 unspecified atom stereocenters. The van der Waals surface area contributed by atoms with Crippen molar-refractivity contribution in [2.45, 2.75) is 6.42 Å². The van der Waals surface area contributed by atoms with E-state index in [1.807, 2.05) is 18.0 Å². The molecule has 50 valence electrons. The van der Waals surface area contributed by atoms with Crippen molar-refractivity contribution in [1.82, 2.24) is 9.97 Å². The van der Waals surface area contributed by atoms with E-state index in [1.54, 1.807) is 6.20 Å². The van der Waals surface area contributed by atoms with Gasteiger partial charge in [0.2, 0.25) is 0 Å². The van der Waals surface area contributed by atoms with Crippen LogP contribution in [0.25, 0.3) is 0 Å². The summed E-state index contributed by atoms with van der Waals surface area (Å²) in [7, 11) is 0. The van der Waals surface area contributed by atoms with Crippen molar-refractivity contribution in [3.05, 3.63) is 18.2 Å². The molecule has 0 saturated carbocycles. The smallest absolute Gasteiger partial charge is 0.106 e. The molecular weight excluding hydrogens is 132 g/mol. The molecule has 9 heavy (non-hydrogen) atoms. The molecule has 3 heteroatoms. The Labute approximate surface area is 59.1 Å². The van der Waals surface area contributed by atoms with Gasteiger partial charge in [-0.25, -0.2) is 4.98 Å². The first kappa shape index (κ1) is 6.68. The minimum Gasteiger partial charge on any atom is -0.349 e. The van der Waals surface area contributed by atoms with Crippen LogP contribution in [-0.4, -0.2) is 22.0 Å². The van der Waals surface area contributed by atoms with Gasteiger partial charge in [-0.3, -0.25) is 0 Å². The summed E-state index contributed by atoms with van der Waals surface area (Å²) < 4.78 is 0. The van der Waals surface area contributed by atoms with Crippen molar-refractivity contribution in [2.24, 2.45) is 0 Å². The highest BCUT2D eigenvalue weighted by atomic mass is 32.2. The SMILES string of the molecule is CSCCc1ncc[nH]1. The van der Waals surface area contributed by atoms with Gasteiger partial charge in [0.1, 0.15) is 5.82 Å². The van der Waals surface area contributed by atoms with Gasteiger partial charge in [0.25, 0.3) is 0 Å². The largest absolute Gasteiger partial charge is 0.349 e. The zero-order valence-corrected chi connectivity index (χ0v) is 6.24. The van der Waals surface area contributed by atoms with Crippen molar-refractivity contribution >= 4 is 11.8 Å². The third-order valence-electron chi connectivity index (χ3n) is 1.10. The number of aromatic nitrogens is 2. The standard InChI is InChI=1S/C6H10N2S/c1-9-5-2-6-7-3-4-8-6/h3-4H,2,5H2,1H3,(H,7,8). The average molecular weight is 142 g/mol. The predicted molar refractivity (Wildman–Crippen MR) is 40.7 cm³/mol. The molecule has 0 radical (unpaired) electrons. The number of hydrogen-bond acceptors (Lipinski definition) is 2. The van der Waals surface area contributed by atoms with Gasteiger partial charge in [-0.15, -0.1) is 0 Å². The van der Waals surface area contributed by atoms with Gasteiger partial charge in [-0.1, -0.05) is 0 Å². The summed E-state index contributed by atoms with van der Waals surface area (Å²) in [4.78, 5) is 7.13. The first-order chi connectivity index (χ1) is 4.43. The maximum absolute atomic E-state index is 4.08. The van der Waals surface area contributed by atoms with E-state index in [9.17, 15) is 0 Å². The topological polar surface area (TPSA) is 28.7 Å². The van der Waals surface area contributed by atoms with E-state index in [2.05, 4.69) is 16.2 Å². The number of H-pyrrole nitrogens is 1. The number of nitrogens with one attached hydrogen (secondary N) is 1. The Morgan fingerprint density at radius 2 is 2.67 bits per heavy atom. The Balaban J connectivity index is 2.30. The summed E-state index contributed by atoms with van der Waals surface area (Å²) in [5.41, 5.74) is 0. The number of nitrogens with zero attached hydrogens (tertiary/aromatic N) is 1. The molecule has 0 aromatic carbocycles. The molecule has 0 aliphatic carbocycles. The molecule has 1 heterocycles. The van der Waals surface area contributed by atoms with Crippen LogP contribution in [0.1, 0.15) is 5.82 Å². The quantitative estimate of drug-likeness (QED) is 0.689. The molecule has 1 rings (SSSR count). The van der Waals surface area contributed by atoms with Crippen LogP contribution in [-0.2, 0) is 6.42 Å². The Kier molecular flexibility index (Phi) is 2.64. The van der Waals surface area contributed by atoms with E-state index in [1.165, 1.54) is 0 Å². The van der Waals surface area contributed by atoms with E-state index >= 15 is 0 Å². The van der Waals surface area contributed by atoms with Crippen LogP contribution in [0.2, 0.25) is 0 Å². The Morgan fingerprint density at radius 1 is 1.78 bits per heavy atom. The van der Waals surface area contributed by atoms with Gasteiger partial charge in [-0.2, -0.15) is 11.8 Å². The second-order valence-corrected chi connectivity index (χ2v) is 2.76. The van der Waals surface area contributed by atoms with Crippen LogP contribution >= 0.6 is 11.8 Å². The predicted octanol–water partition coefficient (Wildman–Crippen LogP) is 1.32. The van der Waals surface area contributed by atoms with Crippen molar-refractivity contribution in [1.29, 1.82) is 0 Å². The van der Waals surface area contributed by atoms with Gasteiger partial charge >= 0.3 is 0 Å². The lowest BCUT2D eigenvalue weighted by Crippen LogP contribution is -1.89.